The summed E-state index contributed by atoms with van der Waals surface area (Å²) in [6, 6.07) is 7.48. The van der Waals surface area contributed by atoms with Gasteiger partial charge in [0, 0.05) is 48.0 Å². The topological polar surface area (TPSA) is 92.4 Å². The van der Waals surface area contributed by atoms with Crippen LogP contribution in [-0.4, -0.2) is 48.1 Å². The number of alkyl halides is 3. The van der Waals surface area contributed by atoms with E-state index in [4.69, 9.17) is 11.1 Å². The number of nitrogens with one attached hydrogen (secondary N) is 4. The van der Waals surface area contributed by atoms with Crippen LogP contribution in [0.4, 0.5) is 18.9 Å². The number of hydrogen-bond acceptors (Lipinski definition) is 6. The Hall–Kier alpha value is -3.66. The second-order valence-electron chi connectivity index (χ2n) is 8.54. The average molecular weight is 486 g/mol. The maximum absolute atomic E-state index is 12.3. The monoisotopic (exact) mass is 485 g/mol. The van der Waals surface area contributed by atoms with Gasteiger partial charge in [0.1, 0.15) is 11.7 Å². The fraction of sp³-hybridized carbons (Fsp3) is 0.320. The summed E-state index contributed by atoms with van der Waals surface area (Å²) in [6.45, 7) is 0.787. The van der Waals surface area contributed by atoms with Gasteiger partial charge in [-0.15, -0.1) is 0 Å². The van der Waals surface area contributed by atoms with E-state index in [9.17, 15) is 13.2 Å². The summed E-state index contributed by atoms with van der Waals surface area (Å²) >= 11 is 0. The molecular formula is C25H30F3N7. The highest BCUT2D eigenvalue weighted by atomic mass is 19.4. The summed E-state index contributed by atoms with van der Waals surface area (Å²) in [5.74, 6) is 1.32. The molecule has 0 atom stereocenters. The molecule has 10 heteroatoms. The van der Waals surface area contributed by atoms with E-state index in [0.717, 1.165) is 48.6 Å². The molecule has 0 radical (unpaired) electrons. The molecule has 6 N–H and O–H groups in total. The number of halogens is 3. The third-order valence-electron chi connectivity index (χ3n) is 5.92. The number of hydrogen-bond donors (Lipinski definition) is 5. The van der Waals surface area contributed by atoms with Crippen molar-refractivity contribution in [3.05, 3.63) is 83.6 Å². The zero-order chi connectivity index (χ0) is 24.8. The molecule has 1 fully saturated rings. The fourth-order valence-electron chi connectivity index (χ4n) is 4.10. The van der Waals surface area contributed by atoms with E-state index in [-0.39, 0.29) is 6.67 Å². The highest BCUT2D eigenvalue weighted by molar-refractivity contribution is 5.90. The Morgan fingerprint density at radius 3 is 2.74 bits per heavy atom. The molecule has 3 aliphatic heterocycles. The zero-order valence-corrected chi connectivity index (χ0v) is 19.3. The van der Waals surface area contributed by atoms with Gasteiger partial charge < -0.3 is 26.2 Å². The minimum absolute atomic E-state index is 0.00516. The molecule has 4 rings (SSSR count). The number of nitrogens with two attached hydrogens (primary N) is 1. The lowest BCUT2D eigenvalue weighted by molar-refractivity contribution is -0.124. The first-order valence-corrected chi connectivity index (χ1v) is 11.6. The first-order chi connectivity index (χ1) is 16.8. The van der Waals surface area contributed by atoms with Crippen molar-refractivity contribution in [2.75, 3.05) is 31.6 Å². The smallest absolute Gasteiger partial charge is 0.398 e. The van der Waals surface area contributed by atoms with Gasteiger partial charge in [0.05, 0.1) is 18.9 Å². The Labute approximate surface area is 203 Å². The predicted molar refractivity (Wildman–Crippen MR) is 133 cm³/mol. The quantitative estimate of drug-likeness (QED) is 0.174. The van der Waals surface area contributed by atoms with E-state index in [0.29, 0.717) is 17.2 Å². The zero-order valence-electron chi connectivity index (χ0n) is 19.3. The van der Waals surface area contributed by atoms with E-state index >= 15 is 0 Å². The van der Waals surface area contributed by atoms with E-state index < -0.39 is 12.7 Å². The molecule has 0 aliphatic carbocycles. The Balaban J connectivity index is 1.38. The van der Waals surface area contributed by atoms with Crippen LogP contribution in [0.25, 0.3) is 5.70 Å². The van der Waals surface area contributed by atoms with Crippen LogP contribution in [-0.2, 0) is 0 Å². The van der Waals surface area contributed by atoms with Crippen LogP contribution in [0, 0.1) is 5.41 Å². The largest absolute Gasteiger partial charge is 0.401 e. The van der Waals surface area contributed by atoms with Crippen molar-refractivity contribution >= 4 is 17.2 Å². The normalized spacial score (nSPS) is 19.3. The second-order valence-corrected chi connectivity index (χ2v) is 8.54. The van der Waals surface area contributed by atoms with Gasteiger partial charge in [0.25, 0.3) is 0 Å². The van der Waals surface area contributed by atoms with E-state index in [2.05, 4.69) is 20.9 Å². The Kier molecular flexibility index (Phi) is 7.50. The number of fused-ring (bicyclic) bond motifs is 1. The van der Waals surface area contributed by atoms with Crippen molar-refractivity contribution in [3.63, 3.8) is 0 Å². The Morgan fingerprint density at radius 1 is 1.17 bits per heavy atom. The van der Waals surface area contributed by atoms with Gasteiger partial charge in [0.2, 0.25) is 0 Å². The van der Waals surface area contributed by atoms with Crippen molar-refractivity contribution in [1.82, 2.24) is 20.4 Å². The summed E-state index contributed by atoms with van der Waals surface area (Å²) in [5, 5.41) is 16.8. The van der Waals surface area contributed by atoms with Gasteiger partial charge in [-0.25, -0.2) is 0 Å². The number of anilines is 1. The van der Waals surface area contributed by atoms with Crippen LogP contribution < -0.4 is 21.7 Å². The standard InChI is InChI=1S/C25H30F3N7/c26-25(27,28)16-31-17-33-20-6-4-5-19(13-20)22-15-32-24-14-18(9-12-35(22)24)21(29)7-8-23(30)34-10-2-1-3-11-34/h4-9,12-15,30-33H,1-3,10-11,16-17,29H2. The number of likely N-dealkylation sites (tertiary alicyclic amines) is 1. The summed E-state index contributed by atoms with van der Waals surface area (Å²) in [7, 11) is 0. The van der Waals surface area contributed by atoms with Gasteiger partial charge in [0.15, 0.2) is 0 Å². The molecule has 7 nitrogen and oxygen atoms in total. The lowest BCUT2D eigenvalue weighted by atomic mass is 10.1. The predicted octanol–water partition coefficient (Wildman–Crippen LogP) is 4.01. The molecule has 186 valence electrons. The van der Waals surface area contributed by atoms with Gasteiger partial charge in [-0.3, -0.25) is 10.7 Å². The summed E-state index contributed by atoms with van der Waals surface area (Å²) in [6.07, 6.45) is 10.4. The van der Waals surface area contributed by atoms with Crippen LogP contribution in [0.2, 0.25) is 0 Å². The first-order valence-electron chi connectivity index (χ1n) is 11.6. The highest BCUT2D eigenvalue weighted by Crippen LogP contribution is 2.32. The van der Waals surface area contributed by atoms with Gasteiger partial charge in [-0.05, 0) is 55.7 Å². The SMILES string of the molecule is N=C(C=CC(N)=C1C=CN2C(=C1)NC=C2c1cccc(NCNCC(F)(F)F)c1)N1CCCCC1. The van der Waals surface area contributed by atoms with Gasteiger partial charge >= 0.3 is 6.18 Å². The van der Waals surface area contributed by atoms with Crippen molar-refractivity contribution in [1.29, 1.82) is 5.41 Å². The molecule has 0 spiro atoms. The molecule has 35 heavy (non-hydrogen) atoms. The maximum Gasteiger partial charge on any atom is 0.401 e. The minimum atomic E-state index is -4.24. The molecule has 0 saturated carbocycles. The molecule has 0 amide bonds. The van der Waals surface area contributed by atoms with Gasteiger partial charge in [-0.1, -0.05) is 12.1 Å². The highest BCUT2D eigenvalue weighted by Gasteiger charge is 2.26. The van der Waals surface area contributed by atoms with Crippen LogP contribution in [0.3, 0.4) is 0 Å². The van der Waals surface area contributed by atoms with Crippen LogP contribution in [0.15, 0.2) is 78.1 Å². The molecule has 1 aromatic rings. The molecular weight excluding hydrogens is 455 g/mol. The van der Waals surface area contributed by atoms with Crippen molar-refractivity contribution in [3.8, 4) is 0 Å². The lowest BCUT2D eigenvalue weighted by Gasteiger charge is -2.27. The number of allylic oxidation sites excluding steroid dienone is 4. The molecule has 1 saturated heterocycles. The fourth-order valence-corrected chi connectivity index (χ4v) is 4.10. The van der Waals surface area contributed by atoms with E-state index in [1.807, 2.05) is 47.7 Å². The average Bonchev–Trinajstić information content (AvgIpc) is 3.28. The lowest BCUT2D eigenvalue weighted by Crippen LogP contribution is -2.34. The molecule has 0 bridgehead atoms. The molecule has 3 heterocycles. The first kappa shape index (κ1) is 24.5. The second kappa shape index (κ2) is 10.7. The molecule has 0 aromatic heterocycles. The van der Waals surface area contributed by atoms with Crippen LogP contribution >= 0.6 is 0 Å². The number of piperidine rings is 1. The van der Waals surface area contributed by atoms with E-state index in [1.165, 1.54) is 6.42 Å². The third kappa shape index (κ3) is 6.48. The number of benzene rings is 1. The van der Waals surface area contributed by atoms with Crippen LogP contribution in [0.1, 0.15) is 24.8 Å². The van der Waals surface area contributed by atoms with Crippen molar-refractivity contribution < 1.29 is 13.2 Å². The maximum atomic E-state index is 12.3. The summed E-state index contributed by atoms with van der Waals surface area (Å²) in [5.41, 5.74) is 10.2. The Morgan fingerprint density at radius 2 is 1.97 bits per heavy atom. The minimum Gasteiger partial charge on any atom is -0.398 e. The van der Waals surface area contributed by atoms with Gasteiger partial charge in [-0.2, -0.15) is 13.2 Å². The summed E-state index contributed by atoms with van der Waals surface area (Å²) in [4.78, 5) is 4.05. The summed E-state index contributed by atoms with van der Waals surface area (Å²) < 4.78 is 36.9. The molecule has 1 aromatic carbocycles. The number of rotatable bonds is 7. The Bertz CT molecular complexity index is 1090. The third-order valence-corrected chi connectivity index (χ3v) is 5.92. The van der Waals surface area contributed by atoms with Crippen molar-refractivity contribution in [2.45, 2.75) is 25.4 Å². The van der Waals surface area contributed by atoms with E-state index in [1.54, 1.807) is 18.2 Å². The number of amidine groups is 1. The number of nitrogens with zero attached hydrogens (tertiary/aromatic N) is 2. The molecule has 3 aliphatic rings. The van der Waals surface area contributed by atoms with Crippen LogP contribution in [0.5, 0.6) is 0 Å². The molecule has 0 unspecified atom stereocenters. The van der Waals surface area contributed by atoms with Crippen molar-refractivity contribution in [2.24, 2.45) is 5.73 Å².